The summed E-state index contributed by atoms with van der Waals surface area (Å²) >= 11 is 0. The molecule has 3 aliphatic rings. The molecule has 24 heavy (non-hydrogen) atoms. The summed E-state index contributed by atoms with van der Waals surface area (Å²) in [6.45, 7) is 0.814. The van der Waals surface area contributed by atoms with Crippen molar-refractivity contribution in [3.8, 4) is 17.3 Å². The van der Waals surface area contributed by atoms with Crippen molar-refractivity contribution in [2.24, 2.45) is 5.92 Å². The summed E-state index contributed by atoms with van der Waals surface area (Å²) in [6.07, 6.45) is 4.22. The molecule has 0 radical (unpaired) electrons. The van der Waals surface area contributed by atoms with Gasteiger partial charge in [0.1, 0.15) is 11.4 Å². The van der Waals surface area contributed by atoms with Crippen LogP contribution in [0, 0.1) is 17.2 Å². The number of hydrogen-bond donors (Lipinski definition) is 1. The number of rotatable bonds is 1. The van der Waals surface area contributed by atoms with E-state index in [-0.39, 0.29) is 23.4 Å². The molecule has 1 amide bonds. The van der Waals surface area contributed by atoms with Crippen LogP contribution in [0.15, 0.2) is 18.3 Å². The Kier molecular flexibility index (Phi) is 2.41. The minimum Gasteiger partial charge on any atom is -0.333 e. The second kappa shape index (κ2) is 4.38. The molecule has 2 aromatic rings. The summed E-state index contributed by atoms with van der Waals surface area (Å²) in [4.78, 5) is 38.3. The van der Waals surface area contributed by atoms with Crippen molar-refractivity contribution in [1.29, 1.82) is 5.26 Å². The van der Waals surface area contributed by atoms with Gasteiger partial charge in [-0.25, -0.2) is 4.98 Å². The van der Waals surface area contributed by atoms with E-state index in [1.54, 1.807) is 11.1 Å². The zero-order chi connectivity index (χ0) is 16.4. The SMILES string of the molecule is N#CC1CN(C(=O)c2nc3c([nH]2)C(=O)C2=CCc4nccc-3c42)C1. The molecule has 116 valence electrons. The van der Waals surface area contributed by atoms with E-state index in [4.69, 9.17) is 5.26 Å². The van der Waals surface area contributed by atoms with Gasteiger partial charge in [0.2, 0.25) is 5.78 Å². The molecule has 7 nitrogen and oxygen atoms in total. The number of carbonyl (C=O) groups excluding carboxylic acids is 2. The molecule has 0 atom stereocenters. The first kappa shape index (κ1) is 13.2. The number of ketones is 1. The molecule has 7 heteroatoms. The van der Waals surface area contributed by atoms with E-state index < -0.39 is 0 Å². The molecule has 1 aliphatic heterocycles. The van der Waals surface area contributed by atoms with Gasteiger partial charge in [-0.2, -0.15) is 5.26 Å². The summed E-state index contributed by atoms with van der Waals surface area (Å²) < 4.78 is 0. The number of Topliss-reactive ketones (excluding diaryl/α,β-unsaturated/α-hetero) is 1. The highest BCUT2D eigenvalue weighted by Crippen LogP contribution is 2.42. The van der Waals surface area contributed by atoms with Crippen molar-refractivity contribution < 1.29 is 9.59 Å². The molecule has 0 saturated carbocycles. The van der Waals surface area contributed by atoms with Gasteiger partial charge < -0.3 is 9.88 Å². The number of H-pyrrole nitrogens is 1. The Morgan fingerprint density at radius 3 is 3.04 bits per heavy atom. The molecule has 0 bridgehead atoms. The first-order chi connectivity index (χ1) is 11.7. The van der Waals surface area contributed by atoms with Crippen molar-refractivity contribution in [1.82, 2.24) is 19.9 Å². The molecule has 0 spiro atoms. The van der Waals surface area contributed by atoms with Crippen LogP contribution in [0.25, 0.3) is 16.8 Å². The lowest BCUT2D eigenvalue weighted by Crippen LogP contribution is -2.49. The van der Waals surface area contributed by atoms with E-state index in [1.807, 2.05) is 12.1 Å². The van der Waals surface area contributed by atoms with Crippen LogP contribution in [-0.2, 0) is 6.42 Å². The maximum atomic E-state index is 12.7. The Morgan fingerprint density at radius 2 is 2.25 bits per heavy atom. The Bertz CT molecular complexity index is 1000. The van der Waals surface area contributed by atoms with Crippen molar-refractivity contribution in [3.05, 3.63) is 41.1 Å². The van der Waals surface area contributed by atoms with E-state index in [2.05, 4.69) is 21.0 Å². The first-order valence-corrected chi connectivity index (χ1v) is 7.69. The Labute approximate surface area is 136 Å². The van der Waals surface area contributed by atoms with Gasteiger partial charge in [-0.15, -0.1) is 0 Å². The van der Waals surface area contributed by atoms with Crippen LogP contribution in [0.5, 0.6) is 0 Å². The summed E-state index contributed by atoms with van der Waals surface area (Å²) in [5.41, 5.74) is 4.06. The number of carbonyl (C=O) groups is 2. The van der Waals surface area contributed by atoms with Gasteiger partial charge in [0.15, 0.2) is 5.82 Å². The average molecular weight is 317 g/mol. The summed E-state index contributed by atoms with van der Waals surface area (Å²) in [5.74, 6) is -0.387. The number of imidazole rings is 1. The summed E-state index contributed by atoms with van der Waals surface area (Å²) in [7, 11) is 0. The van der Waals surface area contributed by atoms with Gasteiger partial charge in [0.05, 0.1) is 17.7 Å². The Morgan fingerprint density at radius 1 is 1.42 bits per heavy atom. The van der Waals surface area contributed by atoms with Crippen molar-refractivity contribution >= 4 is 17.3 Å². The molecule has 1 saturated heterocycles. The number of nitrogens with zero attached hydrogens (tertiary/aromatic N) is 4. The van der Waals surface area contributed by atoms with Crippen LogP contribution in [0.4, 0.5) is 0 Å². The monoisotopic (exact) mass is 317 g/mol. The fourth-order valence-electron chi connectivity index (χ4n) is 3.51. The fourth-order valence-corrected chi connectivity index (χ4v) is 3.51. The standard InChI is InChI=1S/C17H11N5O2/c18-5-8-6-22(7-8)17(24)16-20-13-9-3-4-19-11-2-1-10(12(9)11)15(23)14(13)21-16/h1,3-4,8H,2,6-7H2,(H,20,21). The van der Waals surface area contributed by atoms with E-state index >= 15 is 0 Å². The number of fused-ring (bicyclic) bond motifs is 2. The second-order valence-electron chi connectivity index (χ2n) is 6.18. The number of allylic oxidation sites excluding steroid dienone is 2. The Hall–Kier alpha value is -3.27. The minimum absolute atomic E-state index is 0.116. The molecular weight excluding hydrogens is 306 g/mol. The zero-order valence-electron chi connectivity index (χ0n) is 12.5. The second-order valence-corrected chi connectivity index (χ2v) is 6.18. The van der Waals surface area contributed by atoms with Crippen LogP contribution < -0.4 is 0 Å². The van der Waals surface area contributed by atoms with Crippen molar-refractivity contribution in [3.63, 3.8) is 0 Å². The van der Waals surface area contributed by atoms with E-state index in [9.17, 15) is 9.59 Å². The van der Waals surface area contributed by atoms with E-state index in [0.717, 1.165) is 16.8 Å². The summed E-state index contributed by atoms with van der Waals surface area (Å²) in [5, 5.41) is 8.83. The largest absolute Gasteiger partial charge is 0.333 e. The third-order valence-corrected chi connectivity index (χ3v) is 4.78. The lowest BCUT2D eigenvalue weighted by Gasteiger charge is -2.34. The predicted molar refractivity (Wildman–Crippen MR) is 82.8 cm³/mol. The number of nitriles is 1. The average Bonchev–Trinajstić information content (AvgIpc) is 3.17. The zero-order valence-corrected chi connectivity index (χ0v) is 12.5. The normalized spacial score (nSPS) is 17.7. The van der Waals surface area contributed by atoms with Crippen LogP contribution in [-0.4, -0.2) is 44.6 Å². The van der Waals surface area contributed by atoms with Crippen LogP contribution in [0.3, 0.4) is 0 Å². The number of aromatic nitrogens is 3. The third kappa shape index (κ3) is 1.55. The van der Waals surface area contributed by atoms with E-state index in [0.29, 0.717) is 36.5 Å². The Balaban J connectivity index is 1.59. The molecule has 0 unspecified atom stereocenters. The van der Waals surface area contributed by atoms with Gasteiger partial charge in [-0.3, -0.25) is 14.6 Å². The highest BCUT2D eigenvalue weighted by atomic mass is 16.2. The summed E-state index contributed by atoms with van der Waals surface area (Å²) in [6, 6.07) is 3.96. The molecule has 5 rings (SSSR count). The maximum absolute atomic E-state index is 12.7. The molecule has 0 aromatic carbocycles. The predicted octanol–water partition coefficient (Wildman–Crippen LogP) is 1.20. The molecule has 2 aromatic heterocycles. The number of aromatic amines is 1. The molecule has 1 N–H and O–H groups in total. The lowest BCUT2D eigenvalue weighted by molar-refractivity contribution is 0.0565. The van der Waals surface area contributed by atoms with E-state index in [1.165, 1.54) is 0 Å². The van der Waals surface area contributed by atoms with Gasteiger partial charge in [0, 0.05) is 42.4 Å². The third-order valence-electron chi connectivity index (χ3n) is 4.78. The van der Waals surface area contributed by atoms with Gasteiger partial charge in [-0.05, 0) is 6.07 Å². The maximum Gasteiger partial charge on any atom is 0.289 e. The quantitative estimate of drug-likeness (QED) is 0.851. The van der Waals surface area contributed by atoms with Gasteiger partial charge in [-0.1, -0.05) is 6.08 Å². The molecular formula is C17H11N5O2. The number of amides is 1. The highest BCUT2D eigenvalue weighted by Gasteiger charge is 2.38. The lowest BCUT2D eigenvalue weighted by atomic mass is 9.89. The highest BCUT2D eigenvalue weighted by molar-refractivity contribution is 6.34. The minimum atomic E-state index is -0.276. The number of pyridine rings is 1. The van der Waals surface area contributed by atoms with Crippen LogP contribution in [0.1, 0.15) is 32.4 Å². The first-order valence-electron chi connectivity index (χ1n) is 7.69. The van der Waals surface area contributed by atoms with Crippen molar-refractivity contribution in [2.45, 2.75) is 6.42 Å². The van der Waals surface area contributed by atoms with Crippen LogP contribution in [0.2, 0.25) is 0 Å². The fraction of sp³-hybridized carbons (Fsp3) is 0.235. The molecule has 2 aliphatic carbocycles. The molecule has 1 fully saturated rings. The smallest absolute Gasteiger partial charge is 0.289 e. The van der Waals surface area contributed by atoms with Gasteiger partial charge >= 0.3 is 0 Å². The van der Waals surface area contributed by atoms with Gasteiger partial charge in [0.25, 0.3) is 5.91 Å². The number of likely N-dealkylation sites (tertiary alicyclic amines) is 1. The van der Waals surface area contributed by atoms with Crippen LogP contribution >= 0.6 is 0 Å². The topological polar surface area (TPSA) is 103 Å². The number of hydrogen-bond acceptors (Lipinski definition) is 5. The number of nitrogens with one attached hydrogen (secondary N) is 1. The molecule has 3 heterocycles. The van der Waals surface area contributed by atoms with Crippen molar-refractivity contribution in [2.75, 3.05) is 13.1 Å².